The van der Waals surface area contributed by atoms with Crippen LogP contribution in [-0.4, -0.2) is 30.7 Å². The molecule has 0 amide bonds. The highest BCUT2D eigenvalue weighted by Crippen LogP contribution is 2.30. The van der Waals surface area contributed by atoms with Gasteiger partial charge in [0.1, 0.15) is 5.82 Å². The van der Waals surface area contributed by atoms with Crippen molar-refractivity contribution in [2.75, 3.05) is 19.7 Å². The van der Waals surface area contributed by atoms with Crippen LogP contribution >= 0.6 is 15.9 Å². The Morgan fingerprint density at radius 3 is 2.59 bits per heavy atom. The SMILES string of the molecule is Fc1ccc(C(Br)[C@@H]2CN(Cc3ccccc3)CCO2)cc1. The standard InChI is InChI=1S/C18H19BrFNO/c19-18(15-6-8-16(20)9-7-15)17-13-21(10-11-22-17)12-14-4-2-1-3-5-14/h1-9,17-18H,10-13H2/t17-,18?/m0/s1. The summed E-state index contributed by atoms with van der Waals surface area (Å²) in [6, 6.07) is 17.1. The van der Waals surface area contributed by atoms with Crippen LogP contribution in [0.3, 0.4) is 0 Å². The summed E-state index contributed by atoms with van der Waals surface area (Å²) >= 11 is 3.71. The molecule has 2 nitrogen and oxygen atoms in total. The van der Waals surface area contributed by atoms with E-state index in [0.717, 1.165) is 31.8 Å². The molecule has 1 aliphatic heterocycles. The fourth-order valence-corrected chi connectivity index (χ4v) is 3.38. The molecule has 0 saturated carbocycles. The Hall–Kier alpha value is -1.23. The molecule has 3 rings (SSSR count). The molecule has 22 heavy (non-hydrogen) atoms. The number of morpholine rings is 1. The lowest BCUT2D eigenvalue weighted by Crippen LogP contribution is -2.43. The van der Waals surface area contributed by atoms with Gasteiger partial charge in [-0.1, -0.05) is 58.4 Å². The summed E-state index contributed by atoms with van der Waals surface area (Å²) in [5, 5.41) is 0. The molecule has 4 heteroatoms. The van der Waals surface area contributed by atoms with Crippen molar-refractivity contribution in [3.8, 4) is 0 Å². The molecule has 0 aromatic heterocycles. The monoisotopic (exact) mass is 363 g/mol. The summed E-state index contributed by atoms with van der Waals surface area (Å²) in [4.78, 5) is 2.48. The Balaban J connectivity index is 1.63. The third-order valence-electron chi connectivity index (χ3n) is 3.94. The van der Waals surface area contributed by atoms with Crippen molar-refractivity contribution in [3.63, 3.8) is 0 Å². The number of hydrogen-bond acceptors (Lipinski definition) is 2. The first-order valence-electron chi connectivity index (χ1n) is 7.50. The molecule has 0 N–H and O–H groups in total. The number of nitrogens with zero attached hydrogens (tertiary/aromatic N) is 1. The maximum absolute atomic E-state index is 13.0. The first-order valence-corrected chi connectivity index (χ1v) is 8.41. The van der Waals surface area contributed by atoms with Gasteiger partial charge in [-0.25, -0.2) is 4.39 Å². The zero-order valence-corrected chi connectivity index (χ0v) is 13.9. The van der Waals surface area contributed by atoms with E-state index in [9.17, 15) is 4.39 Å². The minimum Gasteiger partial charge on any atom is -0.374 e. The average Bonchev–Trinajstić information content (AvgIpc) is 2.56. The van der Waals surface area contributed by atoms with E-state index in [1.165, 1.54) is 17.7 Å². The van der Waals surface area contributed by atoms with Crippen molar-refractivity contribution in [1.29, 1.82) is 0 Å². The Kier molecular flexibility index (Phi) is 5.24. The number of alkyl halides is 1. The number of benzene rings is 2. The molecule has 0 bridgehead atoms. The van der Waals surface area contributed by atoms with E-state index in [4.69, 9.17) is 4.74 Å². The van der Waals surface area contributed by atoms with Gasteiger partial charge in [0.15, 0.2) is 0 Å². The van der Waals surface area contributed by atoms with E-state index < -0.39 is 0 Å². The molecule has 1 heterocycles. The van der Waals surface area contributed by atoms with Crippen molar-refractivity contribution in [1.82, 2.24) is 4.90 Å². The van der Waals surface area contributed by atoms with Crippen molar-refractivity contribution in [3.05, 3.63) is 71.5 Å². The van der Waals surface area contributed by atoms with Gasteiger partial charge in [-0.15, -0.1) is 0 Å². The summed E-state index contributed by atoms with van der Waals surface area (Å²) in [6.45, 7) is 3.46. The molecule has 1 fully saturated rings. The summed E-state index contributed by atoms with van der Waals surface area (Å²) in [7, 11) is 0. The first-order chi connectivity index (χ1) is 10.7. The van der Waals surface area contributed by atoms with E-state index in [1.807, 2.05) is 18.2 Å². The molecular weight excluding hydrogens is 345 g/mol. The number of halogens is 2. The second-order valence-corrected chi connectivity index (χ2v) is 6.57. The Bertz CT molecular complexity index is 590. The third kappa shape index (κ3) is 3.94. The summed E-state index contributed by atoms with van der Waals surface area (Å²) in [5.41, 5.74) is 2.36. The number of hydrogen-bond donors (Lipinski definition) is 0. The maximum atomic E-state index is 13.0. The van der Waals surface area contributed by atoms with Gasteiger partial charge >= 0.3 is 0 Å². The van der Waals surface area contributed by atoms with Gasteiger partial charge in [0.25, 0.3) is 0 Å². The molecule has 2 aromatic rings. The first kappa shape index (κ1) is 15.7. The van der Waals surface area contributed by atoms with E-state index in [-0.39, 0.29) is 16.7 Å². The minimum absolute atomic E-state index is 0.0722. The van der Waals surface area contributed by atoms with E-state index >= 15 is 0 Å². The van der Waals surface area contributed by atoms with E-state index in [0.29, 0.717) is 0 Å². The van der Waals surface area contributed by atoms with Crippen LogP contribution in [0, 0.1) is 5.82 Å². The molecular formula is C18H19BrFNO. The van der Waals surface area contributed by atoms with Crippen LogP contribution in [0.4, 0.5) is 4.39 Å². The lowest BCUT2D eigenvalue weighted by Gasteiger charge is -2.35. The predicted molar refractivity (Wildman–Crippen MR) is 89.5 cm³/mol. The van der Waals surface area contributed by atoms with Crippen LogP contribution in [-0.2, 0) is 11.3 Å². The van der Waals surface area contributed by atoms with Crippen LogP contribution in [0.15, 0.2) is 54.6 Å². The Morgan fingerprint density at radius 2 is 1.86 bits per heavy atom. The average molecular weight is 364 g/mol. The molecule has 0 aliphatic carbocycles. The Labute approximate surface area is 139 Å². The minimum atomic E-state index is -0.210. The zero-order chi connectivity index (χ0) is 15.4. The van der Waals surface area contributed by atoms with Gasteiger partial charge in [0, 0.05) is 19.6 Å². The van der Waals surface area contributed by atoms with Gasteiger partial charge in [0.2, 0.25) is 0 Å². The third-order valence-corrected chi connectivity index (χ3v) is 5.06. The lowest BCUT2D eigenvalue weighted by molar-refractivity contribution is -0.0310. The molecule has 2 atom stereocenters. The van der Waals surface area contributed by atoms with Crippen molar-refractivity contribution < 1.29 is 9.13 Å². The smallest absolute Gasteiger partial charge is 0.123 e. The van der Waals surface area contributed by atoms with Crippen molar-refractivity contribution in [2.45, 2.75) is 17.5 Å². The maximum Gasteiger partial charge on any atom is 0.123 e. The largest absolute Gasteiger partial charge is 0.374 e. The summed E-state index contributed by atoms with van der Waals surface area (Å²) in [5.74, 6) is -0.210. The summed E-state index contributed by atoms with van der Waals surface area (Å²) in [6.07, 6.45) is 0.0722. The lowest BCUT2D eigenvalue weighted by atomic mass is 10.1. The summed E-state index contributed by atoms with van der Waals surface area (Å²) < 4.78 is 19.0. The molecule has 116 valence electrons. The van der Waals surface area contributed by atoms with Crippen molar-refractivity contribution in [2.24, 2.45) is 0 Å². The van der Waals surface area contributed by atoms with Crippen LogP contribution < -0.4 is 0 Å². The van der Waals surface area contributed by atoms with Crippen LogP contribution in [0.2, 0.25) is 0 Å². The molecule has 1 saturated heterocycles. The normalized spacial score (nSPS) is 20.7. The molecule has 2 aromatic carbocycles. The highest BCUT2D eigenvalue weighted by atomic mass is 79.9. The fraction of sp³-hybridized carbons (Fsp3) is 0.333. The number of ether oxygens (including phenoxy) is 1. The van der Waals surface area contributed by atoms with E-state index in [1.54, 1.807) is 0 Å². The Morgan fingerprint density at radius 1 is 1.14 bits per heavy atom. The van der Waals surface area contributed by atoms with Crippen LogP contribution in [0.1, 0.15) is 16.0 Å². The predicted octanol–water partition coefficient (Wildman–Crippen LogP) is 4.16. The topological polar surface area (TPSA) is 12.5 Å². The van der Waals surface area contributed by atoms with Gasteiger partial charge in [0.05, 0.1) is 17.5 Å². The second kappa shape index (κ2) is 7.36. The highest BCUT2D eigenvalue weighted by Gasteiger charge is 2.27. The van der Waals surface area contributed by atoms with Gasteiger partial charge < -0.3 is 4.74 Å². The van der Waals surface area contributed by atoms with Crippen LogP contribution in [0.5, 0.6) is 0 Å². The molecule has 1 aliphatic rings. The van der Waals surface area contributed by atoms with Gasteiger partial charge in [-0.3, -0.25) is 4.90 Å². The second-order valence-electron chi connectivity index (χ2n) is 5.58. The molecule has 0 spiro atoms. The zero-order valence-electron chi connectivity index (χ0n) is 12.3. The van der Waals surface area contributed by atoms with Crippen molar-refractivity contribution >= 4 is 15.9 Å². The fourth-order valence-electron chi connectivity index (χ4n) is 2.76. The molecule has 1 unspecified atom stereocenters. The van der Waals surface area contributed by atoms with Gasteiger partial charge in [-0.05, 0) is 23.3 Å². The van der Waals surface area contributed by atoms with E-state index in [2.05, 4.69) is 45.1 Å². The van der Waals surface area contributed by atoms with Gasteiger partial charge in [-0.2, -0.15) is 0 Å². The quantitative estimate of drug-likeness (QED) is 0.756. The highest BCUT2D eigenvalue weighted by molar-refractivity contribution is 9.09. The number of rotatable bonds is 4. The van der Waals surface area contributed by atoms with Crippen LogP contribution in [0.25, 0.3) is 0 Å². The molecule has 0 radical (unpaired) electrons.